The van der Waals surface area contributed by atoms with Gasteiger partial charge in [0.1, 0.15) is 0 Å². The summed E-state index contributed by atoms with van der Waals surface area (Å²) in [6.07, 6.45) is 3.67. The van der Waals surface area contributed by atoms with Crippen molar-refractivity contribution in [1.82, 2.24) is 10.2 Å². The van der Waals surface area contributed by atoms with Crippen LogP contribution in [0.4, 0.5) is 0 Å². The summed E-state index contributed by atoms with van der Waals surface area (Å²) in [6, 6.07) is 1.29. The Kier molecular flexibility index (Phi) is 7.87. The Morgan fingerprint density at radius 2 is 1.72 bits per heavy atom. The molecule has 3 heteroatoms. The molecule has 108 valence electrons. The second-order valence-corrected chi connectivity index (χ2v) is 6.18. The molecule has 1 saturated heterocycles. The van der Waals surface area contributed by atoms with E-state index in [4.69, 9.17) is 4.74 Å². The number of nitrogens with one attached hydrogen (secondary N) is 1. The molecule has 0 aromatic carbocycles. The summed E-state index contributed by atoms with van der Waals surface area (Å²) < 4.78 is 5.72. The number of hydrogen-bond donors (Lipinski definition) is 1. The van der Waals surface area contributed by atoms with E-state index in [0.717, 1.165) is 25.7 Å². The molecule has 18 heavy (non-hydrogen) atoms. The minimum absolute atomic E-state index is 0.643. The molecule has 0 spiro atoms. The van der Waals surface area contributed by atoms with Gasteiger partial charge in [-0.05, 0) is 52.1 Å². The normalized spacial score (nSPS) is 27.2. The van der Waals surface area contributed by atoms with Crippen molar-refractivity contribution in [3.63, 3.8) is 0 Å². The molecule has 0 aromatic heterocycles. The Hall–Kier alpha value is -0.120. The van der Waals surface area contributed by atoms with E-state index in [-0.39, 0.29) is 0 Å². The van der Waals surface area contributed by atoms with Crippen LogP contribution in [0.25, 0.3) is 0 Å². The third-order valence-corrected chi connectivity index (χ3v) is 3.72. The first-order chi connectivity index (χ1) is 8.58. The first-order valence-corrected chi connectivity index (χ1v) is 7.64. The molecule has 1 aliphatic heterocycles. The van der Waals surface area contributed by atoms with E-state index in [1.807, 2.05) is 0 Å². The van der Waals surface area contributed by atoms with E-state index >= 15 is 0 Å². The van der Waals surface area contributed by atoms with Gasteiger partial charge >= 0.3 is 0 Å². The highest BCUT2D eigenvalue weighted by Gasteiger charge is 2.15. The van der Waals surface area contributed by atoms with E-state index in [0.29, 0.717) is 12.1 Å². The van der Waals surface area contributed by atoms with Crippen molar-refractivity contribution < 1.29 is 4.74 Å². The second kappa shape index (κ2) is 8.89. The fourth-order valence-corrected chi connectivity index (χ4v) is 2.35. The summed E-state index contributed by atoms with van der Waals surface area (Å²) in [6.45, 7) is 14.4. The molecular formula is C15H32N2O. The van der Waals surface area contributed by atoms with E-state index in [9.17, 15) is 0 Å². The molecule has 0 saturated carbocycles. The summed E-state index contributed by atoms with van der Waals surface area (Å²) in [5.74, 6) is 0.750. The molecule has 1 N–H and O–H groups in total. The standard InChI is InChI=1S/C15H32N2O/c1-13(2)7-11-18-12-10-17-8-5-14(3)16-15(4)6-9-17/h13-16H,5-12H2,1-4H3. The lowest BCUT2D eigenvalue weighted by Gasteiger charge is -2.30. The van der Waals surface area contributed by atoms with Crippen molar-refractivity contribution in [2.75, 3.05) is 32.8 Å². The SMILES string of the molecule is CC(C)CCOCCN1CCC(C)NC(C)CC1. The molecule has 1 rings (SSSR count). The largest absolute Gasteiger partial charge is 0.380 e. The number of hydrogen-bond acceptors (Lipinski definition) is 3. The van der Waals surface area contributed by atoms with Crippen LogP contribution in [-0.2, 0) is 4.74 Å². The highest BCUT2D eigenvalue weighted by molar-refractivity contribution is 4.74. The molecule has 0 bridgehead atoms. The molecule has 0 aliphatic carbocycles. The Morgan fingerprint density at radius 3 is 2.28 bits per heavy atom. The molecule has 1 aliphatic rings. The van der Waals surface area contributed by atoms with Gasteiger partial charge in [0.2, 0.25) is 0 Å². The van der Waals surface area contributed by atoms with Crippen LogP contribution in [0.15, 0.2) is 0 Å². The number of ether oxygens (including phenoxy) is 1. The van der Waals surface area contributed by atoms with Crippen molar-refractivity contribution in [2.45, 2.75) is 59.0 Å². The highest BCUT2D eigenvalue weighted by atomic mass is 16.5. The lowest BCUT2D eigenvalue weighted by atomic mass is 10.1. The van der Waals surface area contributed by atoms with Gasteiger partial charge in [-0.25, -0.2) is 0 Å². The van der Waals surface area contributed by atoms with Crippen molar-refractivity contribution in [3.05, 3.63) is 0 Å². The summed E-state index contributed by atoms with van der Waals surface area (Å²) >= 11 is 0. The first-order valence-electron chi connectivity index (χ1n) is 7.64. The summed E-state index contributed by atoms with van der Waals surface area (Å²) in [7, 11) is 0. The van der Waals surface area contributed by atoms with Crippen molar-refractivity contribution in [3.8, 4) is 0 Å². The Bertz CT molecular complexity index is 197. The molecule has 0 amide bonds. The molecule has 2 unspecified atom stereocenters. The molecular weight excluding hydrogens is 224 g/mol. The third kappa shape index (κ3) is 7.34. The van der Waals surface area contributed by atoms with Gasteiger partial charge in [-0.3, -0.25) is 0 Å². The molecule has 3 nitrogen and oxygen atoms in total. The molecule has 0 radical (unpaired) electrons. The maximum absolute atomic E-state index is 5.72. The Morgan fingerprint density at radius 1 is 1.11 bits per heavy atom. The predicted molar refractivity (Wildman–Crippen MR) is 78.0 cm³/mol. The fraction of sp³-hybridized carbons (Fsp3) is 1.00. The van der Waals surface area contributed by atoms with E-state index in [1.54, 1.807) is 0 Å². The van der Waals surface area contributed by atoms with Gasteiger partial charge in [0, 0.05) is 25.2 Å². The van der Waals surface area contributed by atoms with Crippen LogP contribution in [0.3, 0.4) is 0 Å². The predicted octanol–water partition coefficient (Wildman–Crippen LogP) is 2.51. The molecule has 1 heterocycles. The van der Waals surface area contributed by atoms with E-state index in [2.05, 4.69) is 37.9 Å². The van der Waals surface area contributed by atoms with Gasteiger partial charge in [-0.2, -0.15) is 0 Å². The maximum atomic E-state index is 5.72. The quantitative estimate of drug-likeness (QED) is 0.739. The van der Waals surface area contributed by atoms with Gasteiger partial charge < -0.3 is 15.0 Å². The zero-order valence-electron chi connectivity index (χ0n) is 12.7. The van der Waals surface area contributed by atoms with Crippen LogP contribution < -0.4 is 5.32 Å². The summed E-state index contributed by atoms with van der Waals surface area (Å²) in [5.41, 5.74) is 0. The van der Waals surface area contributed by atoms with Gasteiger partial charge in [-0.1, -0.05) is 13.8 Å². The maximum Gasteiger partial charge on any atom is 0.0593 e. The van der Waals surface area contributed by atoms with Crippen LogP contribution in [-0.4, -0.2) is 49.8 Å². The Balaban J connectivity index is 2.12. The summed E-state index contributed by atoms with van der Waals surface area (Å²) in [5, 5.41) is 3.63. The van der Waals surface area contributed by atoms with E-state index in [1.165, 1.54) is 32.4 Å². The van der Waals surface area contributed by atoms with Crippen LogP contribution in [0.1, 0.15) is 47.0 Å². The topological polar surface area (TPSA) is 24.5 Å². The average molecular weight is 256 g/mol. The fourth-order valence-electron chi connectivity index (χ4n) is 2.35. The van der Waals surface area contributed by atoms with Gasteiger partial charge in [0.15, 0.2) is 0 Å². The van der Waals surface area contributed by atoms with Gasteiger partial charge in [0.25, 0.3) is 0 Å². The van der Waals surface area contributed by atoms with E-state index < -0.39 is 0 Å². The van der Waals surface area contributed by atoms with Crippen LogP contribution in [0.2, 0.25) is 0 Å². The smallest absolute Gasteiger partial charge is 0.0593 e. The molecule has 2 atom stereocenters. The molecule has 1 fully saturated rings. The van der Waals surface area contributed by atoms with Crippen LogP contribution in [0, 0.1) is 5.92 Å². The van der Waals surface area contributed by atoms with Gasteiger partial charge in [0.05, 0.1) is 6.61 Å². The molecule has 0 aromatic rings. The van der Waals surface area contributed by atoms with Crippen molar-refractivity contribution in [2.24, 2.45) is 5.92 Å². The minimum Gasteiger partial charge on any atom is -0.380 e. The third-order valence-electron chi connectivity index (χ3n) is 3.72. The lowest BCUT2D eigenvalue weighted by Crippen LogP contribution is -2.43. The lowest BCUT2D eigenvalue weighted by molar-refractivity contribution is 0.0906. The monoisotopic (exact) mass is 256 g/mol. The first kappa shape index (κ1) is 15.9. The minimum atomic E-state index is 0.643. The Labute approximate surface area is 113 Å². The number of nitrogens with zero attached hydrogens (tertiary/aromatic N) is 1. The zero-order chi connectivity index (χ0) is 13.4. The second-order valence-electron chi connectivity index (χ2n) is 6.18. The zero-order valence-corrected chi connectivity index (χ0v) is 12.7. The van der Waals surface area contributed by atoms with Crippen molar-refractivity contribution in [1.29, 1.82) is 0 Å². The summed E-state index contributed by atoms with van der Waals surface area (Å²) in [4.78, 5) is 2.56. The van der Waals surface area contributed by atoms with Crippen molar-refractivity contribution >= 4 is 0 Å². The highest BCUT2D eigenvalue weighted by Crippen LogP contribution is 2.06. The average Bonchev–Trinajstić information content (AvgIpc) is 2.28. The van der Waals surface area contributed by atoms with Gasteiger partial charge in [-0.15, -0.1) is 0 Å². The van der Waals surface area contributed by atoms with Crippen LogP contribution in [0.5, 0.6) is 0 Å². The van der Waals surface area contributed by atoms with Crippen LogP contribution >= 0.6 is 0 Å². The number of rotatable bonds is 6.